The number of anilines is 2. The minimum Gasteiger partial charge on any atom is -0.325 e. The summed E-state index contributed by atoms with van der Waals surface area (Å²) in [5, 5.41) is 16.5. The van der Waals surface area contributed by atoms with Crippen LogP contribution in [0.5, 0.6) is 0 Å². The summed E-state index contributed by atoms with van der Waals surface area (Å²) in [7, 11) is 0. The number of para-hydroxylation sites is 3. The highest BCUT2D eigenvalue weighted by Gasteiger charge is 2.24. The normalized spacial score (nSPS) is 11.7. The van der Waals surface area contributed by atoms with Crippen LogP contribution < -0.4 is 10.6 Å². The van der Waals surface area contributed by atoms with Crippen molar-refractivity contribution in [1.82, 2.24) is 4.90 Å². The van der Waals surface area contributed by atoms with E-state index in [1.165, 1.54) is 18.2 Å². The van der Waals surface area contributed by atoms with Crippen LogP contribution in [0.4, 0.5) is 17.1 Å². The third-order valence-electron chi connectivity index (χ3n) is 4.20. The van der Waals surface area contributed by atoms with Gasteiger partial charge in [-0.05, 0) is 38.1 Å². The molecule has 1 atom stereocenters. The number of nitrogens with zero attached hydrogens (tertiary/aromatic N) is 2. The molecule has 2 aromatic rings. The molecular formula is C20H24N4O4. The van der Waals surface area contributed by atoms with Crippen LogP contribution in [-0.2, 0) is 9.59 Å². The standard InChI is InChI=1S/C20H24N4O4/c1-3-13-23(15(2)20(26)21-16-9-5-4-6-10-16)14-19(25)22-17-11-7-8-12-18(17)24(27)28/h4-12,15H,3,13-14H2,1-2H3,(H,21,26)(H,22,25). The van der Waals surface area contributed by atoms with Crippen LogP contribution in [0.25, 0.3) is 0 Å². The van der Waals surface area contributed by atoms with Crippen LogP contribution in [0.3, 0.4) is 0 Å². The molecule has 0 fully saturated rings. The number of rotatable bonds is 9. The summed E-state index contributed by atoms with van der Waals surface area (Å²) in [6, 6.07) is 14.5. The maximum absolute atomic E-state index is 12.5. The first-order valence-corrected chi connectivity index (χ1v) is 9.05. The number of carbonyl (C=O) groups excluding carboxylic acids is 2. The van der Waals surface area contributed by atoms with E-state index < -0.39 is 16.9 Å². The van der Waals surface area contributed by atoms with Crippen LogP contribution in [0.2, 0.25) is 0 Å². The number of nitro groups is 1. The average molecular weight is 384 g/mol. The molecule has 148 valence electrons. The first-order valence-electron chi connectivity index (χ1n) is 9.05. The SMILES string of the molecule is CCCN(CC(=O)Nc1ccccc1[N+](=O)[O-])C(C)C(=O)Nc1ccccc1. The number of benzene rings is 2. The summed E-state index contributed by atoms with van der Waals surface area (Å²) < 4.78 is 0. The van der Waals surface area contributed by atoms with E-state index in [4.69, 9.17) is 0 Å². The number of hydrogen-bond donors (Lipinski definition) is 2. The topological polar surface area (TPSA) is 105 Å². The molecule has 0 saturated carbocycles. The summed E-state index contributed by atoms with van der Waals surface area (Å²) in [4.78, 5) is 37.3. The second-order valence-corrected chi connectivity index (χ2v) is 6.32. The van der Waals surface area contributed by atoms with E-state index in [2.05, 4.69) is 10.6 Å². The second-order valence-electron chi connectivity index (χ2n) is 6.32. The molecule has 2 N–H and O–H groups in total. The lowest BCUT2D eigenvalue weighted by atomic mass is 10.2. The molecule has 2 aromatic carbocycles. The fraction of sp³-hybridized carbons (Fsp3) is 0.300. The van der Waals surface area contributed by atoms with E-state index in [0.717, 1.165) is 6.42 Å². The Kier molecular flexibility index (Phi) is 7.65. The zero-order valence-electron chi connectivity index (χ0n) is 15.9. The van der Waals surface area contributed by atoms with Crippen LogP contribution in [0.15, 0.2) is 54.6 Å². The van der Waals surface area contributed by atoms with E-state index in [1.807, 2.05) is 25.1 Å². The van der Waals surface area contributed by atoms with Crippen LogP contribution >= 0.6 is 0 Å². The molecule has 8 nitrogen and oxygen atoms in total. The van der Waals surface area contributed by atoms with Gasteiger partial charge in [-0.3, -0.25) is 24.6 Å². The number of amides is 2. The van der Waals surface area contributed by atoms with Gasteiger partial charge in [0.25, 0.3) is 5.69 Å². The lowest BCUT2D eigenvalue weighted by Crippen LogP contribution is -2.46. The molecule has 8 heteroatoms. The van der Waals surface area contributed by atoms with E-state index in [1.54, 1.807) is 30.0 Å². The molecule has 0 bridgehead atoms. The monoisotopic (exact) mass is 384 g/mol. The molecule has 2 rings (SSSR count). The zero-order chi connectivity index (χ0) is 20.5. The van der Waals surface area contributed by atoms with Gasteiger partial charge >= 0.3 is 0 Å². The van der Waals surface area contributed by atoms with Gasteiger partial charge in [-0.1, -0.05) is 37.3 Å². The van der Waals surface area contributed by atoms with Gasteiger partial charge in [-0.25, -0.2) is 0 Å². The molecule has 0 heterocycles. The van der Waals surface area contributed by atoms with Crippen molar-refractivity contribution in [2.24, 2.45) is 0 Å². The largest absolute Gasteiger partial charge is 0.325 e. The van der Waals surface area contributed by atoms with E-state index in [-0.39, 0.29) is 23.8 Å². The van der Waals surface area contributed by atoms with Crippen LogP contribution in [0.1, 0.15) is 20.3 Å². The van der Waals surface area contributed by atoms with Gasteiger partial charge in [0.2, 0.25) is 11.8 Å². The Morgan fingerprint density at radius 1 is 1.07 bits per heavy atom. The Labute approximate surface area is 163 Å². The summed E-state index contributed by atoms with van der Waals surface area (Å²) >= 11 is 0. The van der Waals surface area contributed by atoms with E-state index in [9.17, 15) is 19.7 Å². The van der Waals surface area contributed by atoms with Crippen LogP contribution in [-0.4, -0.2) is 40.8 Å². The van der Waals surface area contributed by atoms with Gasteiger partial charge < -0.3 is 10.6 Å². The predicted molar refractivity (Wildman–Crippen MR) is 108 cm³/mol. The minimum atomic E-state index is -0.546. The molecule has 0 radical (unpaired) electrons. The Bertz CT molecular complexity index is 826. The van der Waals surface area contributed by atoms with Crippen LogP contribution in [0, 0.1) is 10.1 Å². The average Bonchev–Trinajstić information content (AvgIpc) is 2.68. The van der Waals surface area contributed by atoms with Gasteiger partial charge in [-0.2, -0.15) is 0 Å². The molecule has 1 unspecified atom stereocenters. The van der Waals surface area contributed by atoms with Crippen molar-refractivity contribution < 1.29 is 14.5 Å². The summed E-state index contributed by atoms with van der Waals surface area (Å²) in [6.45, 7) is 4.16. The maximum Gasteiger partial charge on any atom is 0.292 e. The van der Waals surface area contributed by atoms with Gasteiger partial charge in [0.05, 0.1) is 17.5 Å². The van der Waals surface area contributed by atoms with E-state index >= 15 is 0 Å². The molecule has 28 heavy (non-hydrogen) atoms. The lowest BCUT2D eigenvalue weighted by molar-refractivity contribution is -0.383. The van der Waals surface area contributed by atoms with Gasteiger partial charge in [0, 0.05) is 11.8 Å². The van der Waals surface area contributed by atoms with E-state index in [0.29, 0.717) is 12.2 Å². The second kappa shape index (κ2) is 10.2. The fourth-order valence-corrected chi connectivity index (χ4v) is 2.74. The van der Waals surface area contributed by atoms with Crippen molar-refractivity contribution in [3.05, 3.63) is 64.7 Å². The minimum absolute atomic E-state index is 0.0523. The molecule has 0 aliphatic rings. The number of carbonyl (C=O) groups is 2. The predicted octanol–water partition coefficient (Wildman–Crippen LogP) is 3.27. The highest BCUT2D eigenvalue weighted by atomic mass is 16.6. The summed E-state index contributed by atoms with van der Waals surface area (Å²) in [6.07, 6.45) is 0.752. The fourth-order valence-electron chi connectivity index (χ4n) is 2.74. The first-order chi connectivity index (χ1) is 13.4. The van der Waals surface area contributed by atoms with Gasteiger partial charge in [0.15, 0.2) is 0 Å². The molecule has 2 amide bonds. The summed E-state index contributed by atoms with van der Waals surface area (Å²) in [5.41, 5.74) is 0.642. The van der Waals surface area contributed by atoms with Crippen molar-refractivity contribution >= 4 is 28.9 Å². The van der Waals surface area contributed by atoms with Gasteiger partial charge in [-0.15, -0.1) is 0 Å². The Hall–Kier alpha value is -3.26. The Balaban J connectivity index is 2.04. The molecule has 0 aliphatic heterocycles. The van der Waals surface area contributed by atoms with Gasteiger partial charge in [0.1, 0.15) is 5.69 Å². The molecular weight excluding hydrogens is 360 g/mol. The Morgan fingerprint density at radius 3 is 2.36 bits per heavy atom. The molecule has 0 aliphatic carbocycles. The molecule has 0 saturated heterocycles. The van der Waals surface area contributed by atoms with Crippen molar-refractivity contribution in [3.8, 4) is 0 Å². The number of nitro benzene ring substituents is 1. The highest BCUT2D eigenvalue weighted by molar-refractivity contribution is 5.97. The smallest absolute Gasteiger partial charge is 0.292 e. The maximum atomic E-state index is 12.5. The zero-order valence-corrected chi connectivity index (χ0v) is 15.9. The van der Waals surface area contributed by atoms with Crippen molar-refractivity contribution in [3.63, 3.8) is 0 Å². The Morgan fingerprint density at radius 2 is 1.71 bits per heavy atom. The third-order valence-corrected chi connectivity index (χ3v) is 4.20. The molecule has 0 aromatic heterocycles. The third kappa shape index (κ3) is 5.88. The highest BCUT2D eigenvalue weighted by Crippen LogP contribution is 2.23. The quantitative estimate of drug-likeness (QED) is 0.510. The number of hydrogen-bond acceptors (Lipinski definition) is 5. The van der Waals surface area contributed by atoms with Crippen molar-refractivity contribution in [2.45, 2.75) is 26.3 Å². The van der Waals surface area contributed by atoms with Crippen molar-refractivity contribution in [1.29, 1.82) is 0 Å². The lowest BCUT2D eigenvalue weighted by Gasteiger charge is -2.27. The first kappa shape index (κ1) is 21.0. The number of nitrogens with one attached hydrogen (secondary N) is 2. The van der Waals surface area contributed by atoms with Crippen molar-refractivity contribution in [2.75, 3.05) is 23.7 Å². The molecule has 0 spiro atoms. The summed E-state index contributed by atoms with van der Waals surface area (Å²) in [5.74, 6) is -0.639.